The maximum Gasteiger partial charge on any atom is 0.186 e. The van der Waals surface area contributed by atoms with Crippen LogP contribution in [-0.4, -0.2) is 18.4 Å². The molecule has 3 nitrogen and oxygen atoms in total. The summed E-state index contributed by atoms with van der Waals surface area (Å²) in [7, 11) is 1.74. The molecule has 0 fully saturated rings. The minimum absolute atomic E-state index is 0.483. The highest BCUT2D eigenvalue weighted by Crippen LogP contribution is 2.09. The summed E-state index contributed by atoms with van der Waals surface area (Å²) in [5.74, 6) is 0. The molecule has 1 aromatic rings. The summed E-state index contributed by atoms with van der Waals surface area (Å²) in [4.78, 5) is 0. The second-order valence-corrected chi connectivity index (χ2v) is 4.21. The van der Waals surface area contributed by atoms with E-state index in [0.29, 0.717) is 5.11 Å². The first-order valence-corrected chi connectivity index (χ1v) is 5.85. The standard InChI is InChI=1S/C11H12BrN3S/c1-13-11(16)15-14-8-10(12)7-9-5-3-2-4-6-9/h2-8H,1H3,(H2,13,15,16)/b10-7-,14-8+. The third-order valence-corrected chi connectivity index (χ3v) is 2.41. The number of halogens is 1. The Bertz CT molecular complexity index is 401. The molecule has 0 amide bonds. The third-order valence-electron chi connectivity index (χ3n) is 1.69. The number of benzene rings is 1. The van der Waals surface area contributed by atoms with Gasteiger partial charge in [0.25, 0.3) is 0 Å². The fraction of sp³-hybridized carbons (Fsp3) is 0.0909. The van der Waals surface area contributed by atoms with Crippen LogP contribution >= 0.6 is 28.1 Å². The summed E-state index contributed by atoms with van der Waals surface area (Å²) < 4.78 is 0.866. The van der Waals surface area contributed by atoms with E-state index in [2.05, 4.69) is 31.8 Å². The van der Waals surface area contributed by atoms with Gasteiger partial charge in [-0.15, -0.1) is 0 Å². The molecule has 0 spiro atoms. The number of rotatable bonds is 3. The molecule has 1 rings (SSSR count). The zero-order chi connectivity index (χ0) is 11.8. The molecule has 0 aromatic heterocycles. The van der Waals surface area contributed by atoms with Gasteiger partial charge in [-0.3, -0.25) is 5.43 Å². The van der Waals surface area contributed by atoms with E-state index in [0.717, 1.165) is 10.0 Å². The fourth-order valence-corrected chi connectivity index (χ4v) is 1.37. The lowest BCUT2D eigenvalue weighted by Crippen LogP contribution is -2.28. The first-order chi connectivity index (χ1) is 7.72. The number of thiocarbonyl (C=S) groups is 1. The van der Waals surface area contributed by atoms with E-state index in [4.69, 9.17) is 12.2 Å². The molecule has 2 N–H and O–H groups in total. The first-order valence-electron chi connectivity index (χ1n) is 4.65. The minimum Gasteiger partial charge on any atom is -0.364 e. The Morgan fingerprint density at radius 2 is 2.06 bits per heavy atom. The van der Waals surface area contributed by atoms with E-state index in [1.807, 2.05) is 36.4 Å². The lowest BCUT2D eigenvalue weighted by Gasteiger charge is -1.99. The van der Waals surface area contributed by atoms with Crippen LogP contribution in [0.1, 0.15) is 5.56 Å². The van der Waals surface area contributed by atoms with E-state index in [9.17, 15) is 0 Å². The molecule has 0 aliphatic carbocycles. The first kappa shape index (κ1) is 12.9. The van der Waals surface area contributed by atoms with Crippen molar-refractivity contribution in [2.24, 2.45) is 5.10 Å². The average molecular weight is 298 g/mol. The van der Waals surface area contributed by atoms with Gasteiger partial charge < -0.3 is 5.32 Å². The fourth-order valence-electron chi connectivity index (χ4n) is 0.954. The number of allylic oxidation sites excluding steroid dienone is 1. The Morgan fingerprint density at radius 1 is 1.38 bits per heavy atom. The zero-order valence-electron chi connectivity index (χ0n) is 8.77. The molecule has 0 radical (unpaired) electrons. The van der Waals surface area contributed by atoms with Gasteiger partial charge in [0.15, 0.2) is 5.11 Å². The normalized spacial score (nSPS) is 11.5. The molecule has 0 bridgehead atoms. The van der Waals surface area contributed by atoms with Gasteiger partial charge >= 0.3 is 0 Å². The van der Waals surface area contributed by atoms with Gasteiger partial charge in [0.1, 0.15) is 0 Å². The van der Waals surface area contributed by atoms with Crippen LogP contribution in [0.3, 0.4) is 0 Å². The molecule has 0 heterocycles. The molecule has 0 saturated heterocycles. The number of hydrazone groups is 1. The number of hydrogen-bond donors (Lipinski definition) is 2. The Morgan fingerprint density at radius 3 is 2.69 bits per heavy atom. The summed E-state index contributed by atoms with van der Waals surface area (Å²) in [6.07, 6.45) is 3.62. The van der Waals surface area contributed by atoms with Crippen LogP contribution in [0.15, 0.2) is 39.9 Å². The van der Waals surface area contributed by atoms with Crippen LogP contribution in [0, 0.1) is 0 Å². The molecule has 1 aromatic carbocycles. The van der Waals surface area contributed by atoms with Crippen LogP contribution < -0.4 is 10.7 Å². The second-order valence-electron chi connectivity index (χ2n) is 2.89. The maximum absolute atomic E-state index is 4.87. The van der Waals surface area contributed by atoms with Crippen molar-refractivity contribution in [2.75, 3.05) is 7.05 Å². The van der Waals surface area contributed by atoms with Crippen LogP contribution in [0.5, 0.6) is 0 Å². The summed E-state index contributed by atoms with van der Waals surface area (Å²) in [6.45, 7) is 0. The van der Waals surface area contributed by atoms with Crippen molar-refractivity contribution in [3.63, 3.8) is 0 Å². The summed E-state index contributed by atoms with van der Waals surface area (Å²) in [5, 5.41) is 7.19. The van der Waals surface area contributed by atoms with Crippen LogP contribution in [-0.2, 0) is 0 Å². The molecule has 0 saturated carbocycles. The molecule has 0 aliphatic heterocycles. The molecule has 0 unspecified atom stereocenters. The number of nitrogens with zero attached hydrogens (tertiary/aromatic N) is 1. The van der Waals surface area contributed by atoms with Gasteiger partial charge in [-0.2, -0.15) is 5.10 Å². The molecule has 5 heteroatoms. The van der Waals surface area contributed by atoms with E-state index in [-0.39, 0.29) is 0 Å². The monoisotopic (exact) mass is 297 g/mol. The average Bonchev–Trinajstić information content (AvgIpc) is 2.30. The highest BCUT2D eigenvalue weighted by atomic mass is 79.9. The predicted octanol–water partition coefficient (Wildman–Crippen LogP) is 2.50. The van der Waals surface area contributed by atoms with Crippen molar-refractivity contribution >= 4 is 45.6 Å². The molecular weight excluding hydrogens is 286 g/mol. The van der Waals surface area contributed by atoms with Crippen molar-refractivity contribution in [1.82, 2.24) is 10.7 Å². The van der Waals surface area contributed by atoms with Crippen molar-refractivity contribution in [1.29, 1.82) is 0 Å². The van der Waals surface area contributed by atoms with Crippen molar-refractivity contribution in [2.45, 2.75) is 0 Å². The van der Waals surface area contributed by atoms with Gasteiger partial charge in [-0.25, -0.2) is 0 Å². The Balaban J connectivity index is 2.55. The smallest absolute Gasteiger partial charge is 0.186 e. The summed E-state index contributed by atoms with van der Waals surface area (Å²) in [6, 6.07) is 9.98. The molecule has 0 atom stereocenters. The van der Waals surface area contributed by atoms with Gasteiger partial charge in [0, 0.05) is 11.5 Å². The van der Waals surface area contributed by atoms with E-state index >= 15 is 0 Å². The van der Waals surface area contributed by atoms with Crippen molar-refractivity contribution in [3.8, 4) is 0 Å². The largest absolute Gasteiger partial charge is 0.364 e. The summed E-state index contributed by atoms with van der Waals surface area (Å²) in [5.41, 5.74) is 3.78. The van der Waals surface area contributed by atoms with Gasteiger partial charge in [0.05, 0.1) is 6.21 Å². The topological polar surface area (TPSA) is 36.4 Å². The number of nitrogens with one attached hydrogen (secondary N) is 2. The van der Waals surface area contributed by atoms with Gasteiger partial charge in [-0.05, 0) is 39.8 Å². The van der Waals surface area contributed by atoms with Gasteiger partial charge in [0.2, 0.25) is 0 Å². The second kappa shape index (κ2) is 7.14. The van der Waals surface area contributed by atoms with Crippen LogP contribution in [0.25, 0.3) is 6.08 Å². The Hall–Kier alpha value is -1.20. The van der Waals surface area contributed by atoms with E-state index < -0.39 is 0 Å². The Kier molecular flexibility index (Phi) is 5.74. The minimum atomic E-state index is 0.483. The lowest BCUT2D eigenvalue weighted by atomic mass is 10.2. The molecular formula is C11H12BrN3S. The van der Waals surface area contributed by atoms with Crippen molar-refractivity contribution < 1.29 is 0 Å². The van der Waals surface area contributed by atoms with E-state index in [1.54, 1.807) is 13.3 Å². The zero-order valence-corrected chi connectivity index (χ0v) is 11.2. The maximum atomic E-state index is 4.87. The quantitative estimate of drug-likeness (QED) is 0.511. The van der Waals surface area contributed by atoms with Crippen LogP contribution in [0.2, 0.25) is 0 Å². The SMILES string of the molecule is CNC(=S)N/N=C/C(Br)=C/c1ccccc1. The third kappa shape index (κ3) is 5.04. The van der Waals surface area contributed by atoms with Gasteiger partial charge in [-0.1, -0.05) is 30.3 Å². The predicted molar refractivity (Wildman–Crippen MR) is 76.6 cm³/mol. The molecule has 0 aliphatic rings. The molecule has 84 valence electrons. The highest BCUT2D eigenvalue weighted by molar-refractivity contribution is 9.12. The molecule has 16 heavy (non-hydrogen) atoms. The number of hydrogen-bond acceptors (Lipinski definition) is 2. The van der Waals surface area contributed by atoms with E-state index in [1.165, 1.54) is 0 Å². The lowest BCUT2D eigenvalue weighted by molar-refractivity contribution is 0.983. The summed E-state index contributed by atoms with van der Waals surface area (Å²) >= 11 is 8.26. The Labute approximate surface area is 109 Å². The van der Waals surface area contributed by atoms with Crippen molar-refractivity contribution in [3.05, 3.63) is 40.4 Å². The highest BCUT2D eigenvalue weighted by Gasteiger charge is 1.89. The van der Waals surface area contributed by atoms with Crippen LogP contribution in [0.4, 0.5) is 0 Å².